The third kappa shape index (κ3) is 2.64. The Morgan fingerprint density at radius 3 is 2.22 bits per heavy atom. The van der Waals surface area contributed by atoms with Crippen LogP contribution in [0.15, 0.2) is 71.4 Å². The van der Waals surface area contributed by atoms with Crippen molar-refractivity contribution in [3.8, 4) is 0 Å². The molecule has 6 rings (SSSR count). The van der Waals surface area contributed by atoms with E-state index in [0.717, 1.165) is 50.5 Å². The summed E-state index contributed by atoms with van der Waals surface area (Å²) in [5, 5.41) is 2.24. The molecule has 1 atom stereocenters. The molecule has 5 heteroatoms. The maximum atomic E-state index is 6.41. The van der Waals surface area contributed by atoms with Gasteiger partial charge >= 0.3 is 0 Å². The number of nitrogens with zero attached hydrogens (tertiary/aromatic N) is 4. The summed E-state index contributed by atoms with van der Waals surface area (Å²) >= 11 is 0. The second kappa shape index (κ2) is 6.82. The Balaban J connectivity index is 1.61. The fraction of sp³-hybridized carbons (Fsp3) is 0.185. The number of fused-ring (bicyclic) bond motifs is 4. The van der Waals surface area contributed by atoms with Crippen molar-refractivity contribution in [1.29, 1.82) is 0 Å². The van der Waals surface area contributed by atoms with E-state index in [4.69, 9.17) is 14.4 Å². The van der Waals surface area contributed by atoms with Crippen molar-refractivity contribution in [2.75, 3.05) is 9.80 Å². The van der Waals surface area contributed by atoms with Crippen molar-refractivity contribution in [2.45, 2.75) is 33.9 Å². The highest BCUT2D eigenvalue weighted by molar-refractivity contribution is 6.10. The molecule has 3 heterocycles. The van der Waals surface area contributed by atoms with Gasteiger partial charge in [-0.05, 0) is 62.6 Å². The smallest absolute Gasteiger partial charge is 0.178 e. The van der Waals surface area contributed by atoms with Gasteiger partial charge in [0.1, 0.15) is 11.7 Å². The predicted octanol–water partition coefficient (Wildman–Crippen LogP) is 6.94. The first-order chi connectivity index (χ1) is 15.5. The average Bonchev–Trinajstić information content (AvgIpc) is 3.28. The number of hydrogen-bond donors (Lipinski definition) is 0. The van der Waals surface area contributed by atoms with Crippen LogP contribution in [0.4, 0.5) is 23.0 Å². The average molecular weight is 421 g/mol. The van der Waals surface area contributed by atoms with Crippen LogP contribution in [0, 0.1) is 20.8 Å². The van der Waals surface area contributed by atoms with Crippen LogP contribution < -0.4 is 9.80 Å². The van der Waals surface area contributed by atoms with Gasteiger partial charge in [0.25, 0.3) is 0 Å². The first-order valence-corrected chi connectivity index (χ1v) is 10.9. The van der Waals surface area contributed by atoms with Gasteiger partial charge in [-0.25, -0.2) is 9.97 Å². The topological polar surface area (TPSA) is 45.4 Å². The summed E-state index contributed by atoms with van der Waals surface area (Å²) < 4.78 is 6.41. The van der Waals surface area contributed by atoms with E-state index in [1.165, 1.54) is 11.1 Å². The lowest BCUT2D eigenvalue weighted by molar-refractivity contribution is 0.662. The SMILES string of the molecule is Cc1cc(C)cc(N2c3nccnc3N(c3c(C)ccc4c3oc3ccccc34)C2C)c1. The summed E-state index contributed by atoms with van der Waals surface area (Å²) in [6, 6.07) is 19.1. The van der Waals surface area contributed by atoms with Gasteiger partial charge in [0.05, 0.1) is 5.69 Å². The van der Waals surface area contributed by atoms with Gasteiger partial charge in [0.2, 0.25) is 0 Å². The molecule has 1 aliphatic rings. The van der Waals surface area contributed by atoms with E-state index >= 15 is 0 Å². The number of para-hydroxylation sites is 1. The van der Waals surface area contributed by atoms with E-state index in [-0.39, 0.29) is 6.17 Å². The van der Waals surface area contributed by atoms with Crippen molar-refractivity contribution in [1.82, 2.24) is 9.97 Å². The maximum absolute atomic E-state index is 6.41. The van der Waals surface area contributed by atoms with Crippen molar-refractivity contribution >= 4 is 44.9 Å². The summed E-state index contributed by atoms with van der Waals surface area (Å²) in [6.45, 7) is 8.59. The molecule has 0 spiro atoms. The molecule has 0 aliphatic carbocycles. The zero-order valence-electron chi connectivity index (χ0n) is 18.6. The molecule has 0 amide bonds. The van der Waals surface area contributed by atoms with Crippen LogP contribution in [-0.2, 0) is 0 Å². The zero-order chi connectivity index (χ0) is 22.0. The Hall–Kier alpha value is -3.86. The molecule has 0 fully saturated rings. The third-order valence-corrected chi connectivity index (χ3v) is 6.31. The summed E-state index contributed by atoms with van der Waals surface area (Å²) in [4.78, 5) is 14.0. The molecule has 0 radical (unpaired) electrons. The Bertz CT molecular complexity index is 1480. The quantitative estimate of drug-likeness (QED) is 0.310. The lowest BCUT2D eigenvalue weighted by Gasteiger charge is -2.30. The molecule has 0 saturated heterocycles. The highest BCUT2D eigenvalue weighted by atomic mass is 16.3. The molecule has 32 heavy (non-hydrogen) atoms. The highest BCUT2D eigenvalue weighted by Gasteiger charge is 2.39. The number of benzene rings is 3. The highest BCUT2D eigenvalue weighted by Crippen LogP contribution is 2.49. The van der Waals surface area contributed by atoms with Crippen LogP contribution >= 0.6 is 0 Å². The first kappa shape index (κ1) is 18.9. The van der Waals surface area contributed by atoms with E-state index in [1.807, 2.05) is 12.1 Å². The predicted molar refractivity (Wildman–Crippen MR) is 130 cm³/mol. The van der Waals surface area contributed by atoms with Gasteiger partial charge in [0.15, 0.2) is 17.2 Å². The van der Waals surface area contributed by atoms with Gasteiger partial charge in [-0.1, -0.05) is 36.4 Å². The van der Waals surface area contributed by atoms with Gasteiger partial charge in [-0.15, -0.1) is 0 Å². The number of furan rings is 1. The third-order valence-electron chi connectivity index (χ3n) is 6.31. The number of anilines is 4. The molecule has 1 unspecified atom stereocenters. The standard InChI is InChI=1S/C27H24N4O/c1-16-13-17(2)15-20(14-16)30-19(4)31(27-26(30)28-11-12-29-27)24-18(3)9-10-22-21-7-5-6-8-23(21)32-25(22)24/h5-15,19H,1-4H3. The maximum Gasteiger partial charge on any atom is 0.178 e. The van der Waals surface area contributed by atoms with Crippen molar-refractivity contribution < 1.29 is 4.42 Å². The first-order valence-electron chi connectivity index (χ1n) is 10.9. The molecule has 0 bridgehead atoms. The molecule has 2 aromatic heterocycles. The fourth-order valence-electron chi connectivity index (χ4n) is 5.03. The summed E-state index contributed by atoms with van der Waals surface area (Å²) in [6.07, 6.45) is 3.50. The lowest BCUT2D eigenvalue weighted by Crippen LogP contribution is -2.36. The molecule has 5 nitrogen and oxygen atoms in total. The van der Waals surface area contributed by atoms with Crippen LogP contribution in [0.2, 0.25) is 0 Å². The Kier molecular flexibility index (Phi) is 4.02. The molecule has 3 aromatic carbocycles. The zero-order valence-corrected chi connectivity index (χ0v) is 18.6. The Morgan fingerprint density at radius 1 is 0.781 bits per heavy atom. The molecule has 0 N–H and O–H groups in total. The second-order valence-corrected chi connectivity index (χ2v) is 8.63. The lowest BCUT2D eigenvalue weighted by atomic mass is 10.1. The van der Waals surface area contributed by atoms with E-state index in [1.54, 1.807) is 12.4 Å². The fourth-order valence-corrected chi connectivity index (χ4v) is 5.03. The van der Waals surface area contributed by atoms with E-state index in [0.29, 0.717) is 0 Å². The van der Waals surface area contributed by atoms with E-state index in [2.05, 4.69) is 80.0 Å². The minimum atomic E-state index is -0.0221. The van der Waals surface area contributed by atoms with Gasteiger partial charge in [-0.3, -0.25) is 4.90 Å². The molecule has 0 saturated carbocycles. The molecular formula is C27H24N4O. The molecule has 1 aliphatic heterocycles. The van der Waals surface area contributed by atoms with Crippen molar-refractivity contribution in [2.24, 2.45) is 0 Å². The monoisotopic (exact) mass is 420 g/mol. The van der Waals surface area contributed by atoms with Crippen LogP contribution in [0.5, 0.6) is 0 Å². The van der Waals surface area contributed by atoms with Crippen LogP contribution in [0.25, 0.3) is 21.9 Å². The number of aromatic nitrogens is 2. The largest absolute Gasteiger partial charge is 0.454 e. The van der Waals surface area contributed by atoms with Gasteiger partial charge in [0, 0.05) is 28.9 Å². The summed E-state index contributed by atoms with van der Waals surface area (Å²) in [7, 11) is 0. The summed E-state index contributed by atoms with van der Waals surface area (Å²) in [5.74, 6) is 1.70. The molecular weight excluding hydrogens is 396 g/mol. The van der Waals surface area contributed by atoms with Crippen molar-refractivity contribution in [3.63, 3.8) is 0 Å². The van der Waals surface area contributed by atoms with Gasteiger partial charge in [-0.2, -0.15) is 0 Å². The summed E-state index contributed by atoms with van der Waals surface area (Å²) in [5.41, 5.74) is 7.54. The van der Waals surface area contributed by atoms with Crippen LogP contribution in [-0.4, -0.2) is 16.1 Å². The Morgan fingerprint density at radius 2 is 1.47 bits per heavy atom. The van der Waals surface area contributed by atoms with E-state index < -0.39 is 0 Å². The minimum absolute atomic E-state index is 0.0221. The molecule has 5 aromatic rings. The van der Waals surface area contributed by atoms with Crippen LogP contribution in [0.1, 0.15) is 23.6 Å². The molecule has 158 valence electrons. The minimum Gasteiger partial charge on any atom is -0.454 e. The number of hydrogen-bond acceptors (Lipinski definition) is 5. The van der Waals surface area contributed by atoms with E-state index in [9.17, 15) is 0 Å². The second-order valence-electron chi connectivity index (χ2n) is 8.63. The number of rotatable bonds is 2. The van der Waals surface area contributed by atoms with Gasteiger partial charge < -0.3 is 9.32 Å². The number of aryl methyl sites for hydroxylation is 3. The van der Waals surface area contributed by atoms with Crippen LogP contribution in [0.3, 0.4) is 0 Å². The normalized spacial score (nSPS) is 15.7. The Labute approximate surface area is 186 Å². The van der Waals surface area contributed by atoms with Crippen molar-refractivity contribution in [3.05, 3.63) is 83.7 Å².